The van der Waals surface area contributed by atoms with E-state index in [1.54, 1.807) is 5.57 Å². The average Bonchev–Trinajstić information content (AvgIpc) is 3.10. The zero-order chi connectivity index (χ0) is 22.2. The van der Waals surface area contributed by atoms with E-state index < -0.39 is 0 Å². The number of nitrogens with one attached hydrogen (secondary N) is 1. The molecule has 3 saturated carbocycles. The van der Waals surface area contributed by atoms with Gasteiger partial charge in [-0.3, -0.25) is 0 Å². The third-order valence-electron chi connectivity index (χ3n) is 10.9. The summed E-state index contributed by atoms with van der Waals surface area (Å²) in [5, 5.41) is 13.8. The first-order valence-corrected chi connectivity index (χ1v) is 13.9. The van der Waals surface area contributed by atoms with Crippen molar-refractivity contribution < 1.29 is 5.11 Å². The summed E-state index contributed by atoms with van der Waals surface area (Å²) in [4.78, 5) is 0. The second-order valence-electron chi connectivity index (χ2n) is 12.7. The highest BCUT2D eigenvalue weighted by molar-refractivity contribution is 5.25. The van der Waals surface area contributed by atoms with E-state index in [9.17, 15) is 5.11 Å². The van der Waals surface area contributed by atoms with Crippen molar-refractivity contribution >= 4 is 0 Å². The Hall–Kier alpha value is -0.340. The quantitative estimate of drug-likeness (QED) is 0.408. The van der Waals surface area contributed by atoms with Gasteiger partial charge in [-0.25, -0.2) is 0 Å². The lowest BCUT2D eigenvalue weighted by Crippen LogP contribution is -2.50. The Bertz CT molecular complexity index is 643. The van der Waals surface area contributed by atoms with Gasteiger partial charge in [-0.15, -0.1) is 0 Å². The molecule has 178 valence electrons. The minimum Gasteiger partial charge on any atom is -0.393 e. The Balaban J connectivity index is 1.39. The van der Waals surface area contributed by atoms with E-state index >= 15 is 0 Å². The van der Waals surface area contributed by atoms with E-state index in [1.165, 1.54) is 64.3 Å². The van der Waals surface area contributed by atoms with Crippen molar-refractivity contribution in [2.24, 2.45) is 46.3 Å². The molecule has 4 rings (SSSR count). The lowest BCUT2D eigenvalue weighted by molar-refractivity contribution is -0.0573. The molecule has 0 saturated heterocycles. The van der Waals surface area contributed by atoms with E-state index in [-0.39, 0.29) is 6.10 Å². The minimum absolute atomic E-state index is 0.0816. The molecule has 3 fully saturated rings. The lowest BCUT2D eigenvalue weighted by atomic mass is 9.47. The largest absolute Gasteiger partial charge is 0.393 e. The Morgan fingerprint density at radius 3 is 2.65 bits per heavy atom. The molecule has 0 bridgehead atoms. The van der Waals surface area contributed by atoms with Crippen molar-refractivity contribution in [3.8, 4) is 0 Å². The van der Waals surface area contributed by atoms with Crippen LogP contribution in [0.4, 0.5) is 0 Å². The second-order valence-corrected chi connectivity index (χ2v) is 12.7. The molecule has 4 aliphatic carbocycles. The summed E-state index contributed by atoms with van der Waals surface area (Å²) < 4.78 is 0. The fourth-order valence-electron chi connectivity index (χ4n) is 9.10. The molecule has 0 aromatic rings. The van der Waals surface area contributed by atoms with Gasteiger partial charge in [0.05, 0.1) is 6.10 Å². The molecular formula is C29H51NO. The molecule has 0 amide bonds. The third-order valence-corrected chi connectivity index (χ3v) is 10.9. The summed E-state index contributed by atoms with van der Waals surface area (Å²) in [5.74, 6) is 5.35. The van der Waals surface area contributed by atoms with Crippen LogP contribution in [-0.4, -0.2) is 24.3 Å². The maximum absolute atomic E-state index is 10.2. The highest BCUT2D eigenvalue weighted by Gasteiger charge is 2.59. The van der Waals surface area contributed by atoms with E-state index in [0.717, 1.165) is 54.9 Å². The van der Waals surface area contributed by atoms with Gasteiger partial charge < -0.3 is 10.4 Å². The van der Waals surface area contributed by atoms with Gasteiger partial charge in [0.15, 0.2) is 0 Å². The Labute approximate surface area is 193 Å². The number of fused-ring (bicyclic) bond motifs is 5. The lowest BCUT2D eigenvalue weighted by Gasteiger charge is -2.58. The number of allylic oxidation sites excluding steroid dienone is 1. The van der Waals surface area contributed by atoms with E-state index in [1.807, 2.05) is 0 Å². The van der Waals surface area contributed by atoms with Crippen LogP contribution in [0.5, 0.6) is 0 Å². The molecule has 31 heavy (non-hydrogen) atoms. The number of aliphatic hydroxyl groups excluding tert-OH is 1. The van der Waals surface area contributed by atoms with E-state index in [0.29, 0.717) is 10.8 Å². The predicted molar refractivity (Wildman–Crippen MR) is 132 cm³/mol. The van der Waals surface area contributed by atoms with Gasteiger partial charge in [-0.2, -0.15) is 0 Å². The average molecular weight is 430 g/mol. The highest BCUT2D eigenvalue weighted by Crippen LogP contribution is 2.67. The number of aliphatic hydroxyl groups is 1. The molecule has 4 aliphatic rings. The van der Waals surface area contributed by atoms with Crippen LogP contribution in [0, 0.1) is 46.3 Å². The van der Waals surface area contributed by atoms with Crippen molar-refractivity contribution in [2.45, 2.75) is 111 Å². The Morgan fingerprint density at radius 2 is 1.87 bits per heavy atom. The molecular weight excluding hydrogens is 378 g/mol. The maximum Gasteiger partial charge on any atom is 0.0577 e. The van der Waals surface area contributed by atoms with Crippen molar-refractivity contribution in [3.05, 3.63) is 11.6 Å². The fourth-order valence-corrected chi connectivity index (χ4v) is 9.10. The molecule has 0 radical (unpaired) electrons. The predicted octanol–water partition coefficient (Wildman–Crippen LogP) is 6.98. The van der Waals surface area contributed by atoms with E-state index in [4.69, 9.17) is 0 Å². The first-order chi connectivity index (χ1) is 14.8. The smallest absolute Gasteiger partial charge is 0.0577 e. The Morgan fingerprint density at radius 1 is 1.06 bits per heavy atom. The molecule has 0 heterocycles. The van der Waals surface area contributed by atoms with Gasteiger partial charge in [-0.1, -0.05) is 59.1 Å². The van der Waals surface area contributed by atoms with Crippen molar-refractivity contribution in [1.82, 2.24) is 5.32 Å². The molecule has 0 spiro atoms. The normalized spacial score (nSPS) is 44.1. The van der Waals surface area contributed by atoms with Crippen LogP contribution < -0.4 is 5.32 Å². The Kier molecular flexibility index (Phi) is 7.29. The molecule has 0 aromatic heterocycles. The van der Waals surface area contributed by atoms with Gasteiger partial charge in [0.2, 0.25) is 0 Å². The molecule has 9 atom stereocenters. The van der Waals surface area contributed by atoms with Gasteiger partial charge in [0, 0.05) is 0 Å². The first-order valence-electron chi connectivity index (χ1n) is 13.9. The summed E-state index contributed by atoms with van der Waals surface area (Å²) in [7, 11) is 0. The van der Waals surface area contributed by atoms with Crippen LogP contribution in [0.3, 0.4) is 0 Å². The summed E-state index contributed by atoms with van der Waals surface area (Å²) in [5.41, 5.74) is 2.58. The van der Waals surface area contributed by atoms with Gasteiger partial charge >= 0.3 is 0 Å². The van der Waals surface area contributed by atoms with Crippen LogP contribution in [0.25, 0.3) is 0 Å². The maximum atomic E-state index is 10.2. The topological polar surface area (TPSA) is 32.3 Å². The summed E-state index contributed by atoms with van der Waals surface area (Å²) >= 11 is 0. The highest BCUT2D eigenvalue weighted by atomic mass is 16.3. The summed E-state index contributed by atoms with van der Waals surface area (Å²) in [6.07, 6.45) is 17.1. The third kappa shape index (κ3) is 4.42. The molecule has 0 aromatic carbocycles. The van der Waals surface area contributed by atoms with Crippen LogP contribution in [0.15, 0.2) is 11.6 Å². The molecule has 2 nitrogen and oxygen atoms in total. The number of hydrogen-bond acceptors (Lipinski definition) is 2. The van der Waals surface area contributed by atoms with Crippen LogP contribution >= 0.6 is 0 Å². The van der Waals surface area contributed by atoms with Crippen molar-refractivity contribution in [1.29, 1.82) is 0 Å². The monoisotopic (exact) mass is 429 g/mol. The number of rotatable bonds is 8. The van der Waals surface area contributed by atoms with Crippen molar-refractivity contribution in [2.75, 3.05) is 13.1 Å². The molecule has 2 unspecified atom stereocenters. The fraction of sp³-hybridized carbons (Fsp3) is 0.931. The van der Waals surface area contributed by atoms with Gasteiger partial charge in [0.25, 0.3) is 0 Å². The minimum atomic E-state index is -0.0816. The summed E-state index contributed by atoms with van der Waals surface area (Å²) in [6, 6.07) is 0. The summed E-state index contributed by atoms with van der Waals surface area (Å²) in [6.45, 7) is 14.8. The molecule has 2 heteroatoms. The standard InChI is InChI=1S/C29H51NO/c1-6-30-19-20(2)8-7-9-21(3)25-12-13-26-24-11-10-22-18-23(31)14-16-28(22,4)27(24)15-17-29(25,26)5/h10,20-21,23-27,30-31H,6-9,11-19H2,1-5H3/t20?,21?,23-,24-,25+,26-,27-,28-,29+/m0/s1. The zero-order valence-electron chi connectivity index (χ0n) is 21.3. The van der Waals surface area contributed by atoms with Gasteiger partial charge in [-0.05, 0) is 117 Å². The SMILES string of the molecule is CCNCC(C)CCCC(C)[C@H]1CC[C@H]2[C@@H]3CC=C4C[C@@H](O)CC[C@]4(C)[C@H]3CC[C@]12C. The number of hydrogen-bond donors (Lipinski definition) is 2. The van der Waals surface area contributed by atoms with Crippen molar-refractivity contribution in [3.63, 3.8) is 0 Å². The second kappa shape index (κ2) is 9.49. The molecule has 0 aliphatic heterocycles. The van der Waals surface area contributed by atoms with Crippen LogP contribution in [0.2, 0.25) is 0 Å². The first kappa shape index (κ1) is 23.8. The molecule has 2 N–H and O–H groups in total. The van der Waals surface area contributed by atoms with E-state index in [2.05, 4.69) is 46.0 Å². The van der Waals surface area contributed by atoms with Gasteiger partial charge in [0.1, 0.15) is 0 Å². The van der Waals surface area contributed by atoms with Crippen LogP contribution in [0.1, 0.15) is 105 Å². The van der Waals surface area contributed by atoms with Crippen LogP contribution in [-0.2, 0) is 0 Å². The zero-order valence-corrected chi connectivity index (χ0v) is 21.3.